The third kappa shape index (κ3) is 3.89. The Balaban J connectivity index is 1.54. The van der Waals surface area contributed by atoms with Gasteiger partial charge in [-0.05, 0) is 43.7 Å². The summed E-state index contributed by atoms with van der Waals surface area (Å²) in [6.07, 6.45) is 2.81. The lowest BCUT2D eigenvalue weighted by Crippen LogP contribution is -2.42. The Hall–Kier alpha value is -2.37. The van der Waals surface area contributed by atoms with Crippen molar-refractivity contribution in [3.8, 4) is 0 Å². The van der Waals surface area contributed by atoms with E-state index in [2.05, 4.69) is 0 Å². The largest absolute Gasteiger partial charge is 0.478 e. The molecule has 2 aliphatic rings. The number of carboxylic acids is 1. The number of carbonyl (C=O) groups excluding carboxylic acids is 2. The molecule has 6 heteroatoms. The van der Waals surface area contributed by atoms with Crippen LogP contribution in [-0.4, -0.2) is 58.9 Å². The van der Waals surface area contributed by atoms with Gasteiger partial charge in [0.05, 0.1) is 11.5 Å². The molecule has 1 atom stereocenters. The number of benzene rings is 1. The second-order valence-corrected chi connectivity index (χ2v) is 7.27. The molecule has 0 spiro atoms. The van der Waals surface area contributed by atoms with E-state index in [4.69, 9.17) is 0 Å². The zero-order valence-corrected chi connectivity index (χ0v) is 15.2. The average molecular weight is 358 g/mol. The van der Waals surface area contributed by atoms with Gasteiger partial charge in [-0.2, -0.15) is 0 Å². The van der Waals surface area contributed by atoms with Gasteiger partial charge in [-0.1, -0.05) is 18.2 Å². The molecule has 3 rings (SSSR count). The molecule has 2 saturated heterocycles. The highest BCUT2D eigenvalue weighted by Gasteiger charge is 2.36. The summed E-state index contributed by atoms with van der Waals surface area (Å²) in [7, 11) is 0. The van der Waals surface area contributed by atoms with E-state index < -0.39 is 5.97 Å². The molecule has 0 saturated carbocycles. The van der Waals surface area contributed by atoms with Gasteiger partial charge in [-0.3, -0.25) is 9.59 Å². The van der Waals surface area contributed by atoms with Crippen molar-refractivity contribution < 1.29 is 19.5 Å². The zero-order valence-electron chi connectivity index (χ0n) is 15.2. The SMILES string of the molecule is CCN1CC(C(=O)N2CCC(Cc3ccccc3C(=O)O)CC2)CC1=O. The van der Waals surface area contributed by atoms with Crippen LogP contribution in [0, 0.1) is 11.8 Å². The summed E-state index contributed by atoms with van der Waals surface area (Å²) in [6.45, 7) is 4.52. The summed E-state index contributed by atoms with van der Waals surface area (Å²) in [5.74, 6) is -0.534. The Morgan fingerprint density at radius 2 is 1.88 bits per heavy atom. The van der Waals surface area contributed by atoms with Gasteiger partial charge in [0.2, 0.25) is 11.8 Å². The van der Waals surface area contributed by atoms with E-state index in [9.17, 15) is 19.5 Å². The van der Waals surface area contributed by atoms with Crippen LogP contribution in [0.15, 0.2) is 24.3 Å². The van der Waals surface area contributed by atoms with Gasteiger partial charge >= 0.3 is 5.97 Å². The van der Waals surface area contributed by atoms with Gasteiger partial charge in [0, 0.05) is 32.6 Å². The molecule has 2 heterocycles. The molecule has 26 heavy (non-hydrogen) atoms. The van der Waals surface area contributed by atoms with Gasteiger partial charge in [-0.15, -0.1) is 0 Å². The van der Waals surface area contributed by atoms with Crippen LogP contribution in [-0.2, 0) is 16.0 Å². The molecule has 0 bridgehead atoms. The molecular weight excluding hydrogens is 332 g/mol. The Bertz CT molecular complexity index is 695. The maximum absolute atomic E-state index is 12.7. The topological polar surface area (TPSA) is 77.9 Å². The minimum atomic E-state index is -0.889. The van der Waals surface area contributed by atoms with E-state index in [1.165, 1.54) is 0 Å². The molecule has 1 aromatic rings. The van der Waals surface area contributed by atoms with Crippen molar-refractivity contribution in [2.24, 2.45) is 11.8 Å². The molecule has 2 fully saturated rings. The van der Waals surface area contributed by atoms with E-state index in [0.717, 1.165) is 24.8 Å². The Morgan fingerprint density at radius 3 is 2.50 bits per heavy atom. The zero-order chi connectivity index (χ0) is 18.7. The summed E-state index contributed by atoms with van der Waals surface area (Å²) in [5.41, 5.74) is 1.24. The second kappa shape index (κ2) is 7.89. The molecule has 1 N–H and O–H groups in total. The lowest BCUT2D eigenvalue weighted by Gasteiger charge is -2.33. The van der Waals surface area contributed by atoms with Crippen LogP contribution in [0.3, 0.4) is 0 Å². The highest BCUT2D eigenvalue weighted by molar-refractivity contribution is 5.90. The summed E-state index contributed by atoms with van der Waals surface area (Å²) < 4.78 is 0. The van der Waals surface area contributed by atoms with Crippen LogP contribution in [0.2, 0.25) is 0 Å². The van der Waals surface area contributed by atoms with E-state index in [1.54, 1.807) is 17.0 Å². The second-order valence-electron chi connectivity index (χ2n) is 7.27. The minimum Gasteiger partial charge on any atom is -0.478 e. The predicted molar refractivity (Wildman–Crippen MR) is 96.8 cm³/mol. The van der Waals surface area contributed by atoms with E-state index >= 15 is 0 Å². The lowest BCUT2D eigenvalue weighted by molar-refractivity contribution is -0.137. The molecule has 0 aromatic heterocycles. The number of amides is 2. The monoisotopic (exact) mass is 358 g/mol. The first-order valence-corrected chi connectivity index (χ1v) is 9.37. The van der Waals surface area contributed by atoms with Gasteiger partial charge in [-0.25, -0.2) is 4.79 Å². The van der Waals surface area contributed by atoms with Crippen LogP contribution in [0.4, 0.5) is 0 Å². The van der Waals surface area contributed by atoms with Crippen molar-refractivity contribution >= 4 is 17.8 Å². The van der Waals surface area contributed by atoms with Crippen molar-refractivity contribution in [1.82, 2.24) is 9.80 Å². The number of hydrogen-bond donors (Lipinski definition) is 1. The normalized spacial score (nSPS) is 21.3. The number of carboxylic acid groups (broad SMARTS) is 1. The number of carbonyl (C=O) groups is 3. The van der Waals surface area contributed by atoms with Crippen LogP contribution in [0.1, 0.15) is 42.1 Å². The third-order valence-corrected chi connectivity index (χ3v) is 5.63. The number of rotatable bonds is 5. The molecular formula is C20H26N2O4. The standard InChI is InChI=1S/C20H26N2O4/c1-2-21-13-16(12-18(21)23)19(24)22-9-7-14(8-10-22)11-15-5-3-4-6-17(15)20(25)26/h3-6,14,16H,2,7-13H2,1H3,(H,25,26). The fraction of sp³-hybridized carbons (Fsp3) is 0.550. The van der Waals surface area contributed by atoms with Crippen molar-refractivity contribution in [3.63, 3.8) is 0 Å². The van der Waals surface area contributed by atoms with E-state index in [0.29, 0.717) is 44.1 Å². The smallest absolute Gasteiger partial charge is 0.335 e. The molecule has 0 aliphatic carbocycles. The highest BCUT2D eigenvalue weighted by Crippen LogP contribution is 2.26. The third-order valence-electron chi connectivity index (χ3n) is 5.63. The summed E-state index contributed by atoms with van der Waals surface area (Å²) in [4.78, 5) is 39.5. The Labute approximate surface area is 153 Å². The Kier molecular flexibility index (Phi) is 5.59. The van der Waals surface area contributed by atoms with Crippen molar-refractivity contribution in [1.29, 1.82) is 0 Å². The summed E-state index contributed by atoms with van der Waals surface area (Å²) >= 11 is 0. The number of piperidine rings is 1. The fourth-order valence-corrected chi connectivity index (χ4v) is 4.08. The molecule has 140 valence electrons. The predicted octanol–water partition coefficient (Wildman–Crippen LogP) is 2.03. The summed E-state index contributed by atoms with van der Waals surface area (Å²) in [5, 5.41) is 9.31. The van der Waals surface area contributed by atoms with Gasteiger partial charge in [0.15, 0.2) is 0 Å². The molecule has 0 radical (unpaired) electrons. The van der Waals surface area contributed by atoms with Gasteiger partial charge < -0.3 is 14.9 Å². The van der Waals surface area contributed by atoms with Gasteiger partial charge in [0.25, 0.3) is 0 Å². The number of nitrogens with zero attached hydrogens (tertiary/aromatic N) is 2. The summed E-state index contributed by atoms with van der Waals surface area (Å²) in [6, 6.07) is 7.14. The number of likely N-dealkylation sites (tertiary alicyclic amines) is 2. The van der Waals surface area contributed by atoms with Gasteiger partial charge in [0.1, 0.15) is 0 Å². The first kappa shape index (κ1) is 18.4. The van der Waals surface area contributed by atoms with Crippen molar-refractivity contribution in [2.45, 2.75) is 32.6 Å². The lowest BCUT2D eigenvalue weighted by atomic mass is 9.88. The van der Waals surface area contributed by atoms with Crippen LogP contribution in [0.5, 0.6) is 0 Å². The van der Waals surface area contributed by atoms with Crippen molar-refractivity contribution in [2.75, 3.05) is 26.2 Å². The average Bonchev–Trinajstić information content (AvgIpc) is 3.03. The maximum atomic E-state index is 12.7. The highest BCUT2D eigenvalue weighted by atomic mass is 16.4. The fourth-order valence-electron chi connectivity index (χ4n) is 4.08. The minimum absolute atomic E-state index is 0.0750. The van der Waals surface area contributed by atoms with Crippen LogP contribution >= 0.6 is 0 Å². The molecule has 6 nitrogen and oxygen atoms in total. The number of aromatic carboxylic acids is 1. The molecule has 2 amide bonds. The van der Waals surface area contributed by atoms with E-state index in [-0.39, 0.29) is 17.7 Å². The van der Waals surface area contributed by atoms with Crippen molar-refractivity contribution in [3.05, 3.63) is 35.4 Å². The molecule has 1 unspecified atom stereocenters. The molecule has 2 aliphatic heterocycles. The number of hydrogen-bond acceptors (Lipinski definition) is 3. The quantitative estimate of drug-likeness (QED) is 0.874. The molecule has 1 aromatic carbocycles. The van der Waals surface area contributed by atoms with Crippen LogP contribution in [0.25, 0.3) is 0 Å². The maximum Gasteiger partial charge on any atom is 0.335 e. The van der Waals surface area contributed by atoms with Crippen LogP contribution < -0.4 is 0 Å². The first-order chi connectivity index (χ1) is 12.5. The van der Waals surface area contributed by atoms with E-state index in [1.807, 2.05) is 24.0 Å². The Morgan fingerprint density at radius 1 is 1.19 bits per heavy atom. The first-order valence-electron chi connectivity index (χ1n) is 9.37.